The molecular weight excluding hydrogens is 336 g/mol. The van der Waals surface area contributed by atoms with Gasteiger partial charge < -0.3 is 15.3 Å². The molecule has 1 heterocycles. The fraction of sp³-hybridized carbons (Fsp3) is 0.350. The van der Waals surface area contributed by atoms with Gasteiger partial charge in [0, 0.05) is 24.3 Å². The number of benzene rings is 2. The number of halogens is 2. The molecule has 2 aromatic rings. The monoisotopic (exact) mass is 357 g/mol. The van der Waals surface area contributed by atoms with Gasteiger partial charge in [0.05, 0.1) is 23.4 Å². The third-order valence-corrected chi connectivity index (χ3v) is 4.74. The second kappa shape index (κ2) is 7.71. The van der Waals surface area contributed by atoms with Crippen LogP contribution in [0.25, 0.3) is 0 Å². The number of aliphatic hydroxyl groups is 1. The molecule has 1 saturated heterocycles. The summed E-state index contributed by atoms with van der Waals surface area (Å²) in [5.41, 5.74) is 2.37. The summed E-state index contributed by atoms with van der Waals surface area (Å²) in [6.07, 6.45) is 1.06. The van der Waals surface area contributed by atoms with E-state index in [1.807, 2.05) is 13.0 Å². The van der Waals surface area contributed by atoms with Crippen LogP contribution in [0.4, 0.5) is 20.2 Å². The normalized spacial score (nSPS) is 16.2. The van der Waals surface area contributed by atoms with Gasteiger partial charge in [0.1, 0.15) is 17.7 Å². The largest absolute Gasteiger partial charge is 0.393 e. The maximum absolute atomic E-state index is 13.9. The zero-order chi connectivity index (χ0) is 18.7. The first-order valence-corrected chi connectivity index (χ1v) is 8.66. The van der Waals surface area contributed by atoms with Crippen LogP contribution in [0.15, 0.2) is 36.4 Å². The van der Waals surface area contributed by atoms with Crippen LogP contribution in [-0.4, -0.2) is 24.3 Å². The molecule has 26 heavy (non-hydrogen) atoms. The van der Waals surface area contributed by atoms with Gasteiger partial charge in [0.15, 0.2) is 0 Å². The molecule has 0 aliphatic carbocycles. The van der Waals surface area contributed by atoms with Gasteiger partial charge in [-0.05, 0) is 56.2 Å². The van der Waals surface area contributed by atoms with E-state index in [0.29, 0.717) is 31.6 Å². The summed E-state index contributed by atoms with van der Waals surface area (Å²) in [7, 11) is 0. The van der Waals surface area contributed by atoms with E-state index < -0.39 is 5.82 Å². The zero-order valence-corrected chi connectivity index (χ0v) is 14.5. The van der Waals surface area contributed by atoms with Gasteiger partial charge in [0.2, 0.25) is 0 Å². The van der Waals surface area contributed by atoms with Crippen molar-refractivity contribution in [3.05, 3.63) is 59.2 Å². The first-order chi connectivity index (χ1) is 12.5. The predicted octanol–water partition coefficient (Wildman–Crippen LogP) is 3.97. The van der Waals surface area contributed by atoms with E-state index in [-0.39, 0.29) is 23.5 Å². The molecule has 0 radical (unpaired) electrons. The van der Waals surface area contributed by atoms with Gasteiger partial charge in [-0.25, -0.2) is 8.78 Å². The van der Waals surface area contributed by atoms with Crippen molar-refractivity contribution in [1.82, 2.24) is 0 Å². The Morgan fingerprint density at radius 2 is 1.81 bits per heavy atom. The predicted molar refractivity (Wildman–Crippen MR) is 97.0 cm³/mol. The quantitative estimate of drug-likeness (QED) is 0.869. The number of hydrogen-bond acceptors (Lipinski definition) is 4. The Kier molecular flexibility index (Phi) is 5.38. The SMILES string of the molecule is CC(Nc1ccc(F)cc1C#N)c1cc(F)ccc1N1CCC(O)CC1. The van der Waals surface area contributed by atoms with E-state index in [0.717, 1.165) is 11.3 Å². The van der Waals surface area contributed by atoms with Gasteiger partial charge in [-0.2, -0.15) is 5.26 Å². The summed E-state index contributed by atoms with van der Waals surface area (Å²) < 4.78 is 27.2. The Morgan fingerprint density at radius 3 is 2.50 bits per heavy atom. The number of anilines is 2. The van der Waals surface area contributed by atoms with Crippen LogP contribution in [-0.2, 0) is 0 Å². The molecule has 0 spiro atoms. The third kappa shape index (κ3) is 3.94. The van der Waals surface area contributed by atoms with Crippen LogP contribution in [0.1, 0.15) is 36.9 Å². The average Bonchev–Trinajstić information content (AvgIpc) is 2.64. The Labute approximate surface area is 151 Å². The standard InChI is InChI=1S/C20H21F2N3O/c1-13(24-19-4-2-15(21)10-14(19)12-23)18-11-16(22)3-5-20(18)25-8-6-17(26)7-9-25/h2-5,10-11,13,17,24,26H,6-9H2,1H3. The minimum absolute atomic E-state index is 0.205. The Hall–Kier alpha value is -2.65. The third-order valence-electron chi connectivity index (χ3n) is 4.74. The Balaban J connectivity index is 1.88. The number of piperidine rings is 1. The molecule has 2 N–H and O–H groups in total. The molecule has 4 nitrogen and oxygen atoms in total. The van der Waals surface area contributed by atoms with Gasteiger partial charge in [-0.15, -0.1) is 0 Å². The second-order valence-corrected chi connectivity index (χ2v) is 6.59. The summed E-state index contributed by atoms with van der Waals surface area (Å²) in [5.74, 6) is -0.813. The van der Waals surface area contributed by atoms with Crippen LogP contribution in [0, 0.1) is 23.0 Å². The maximum atomic E-state index is 13.9. The Morgan fingerprint density at radius 1 is 1.15 bits per heavy atom. The van der Waals surface area contributed by atoms with Crippen molar-refractivity contribution in [3.8, 4) is 6.07 Å². The molecule has 0 aromatic heterocycles. The van der Waals surface area contributed by atoms with Crippen molar-refractivity contribution in [2.45, 2.75) is 31.9 Å². The van der Waals surface area contributed by atoms with Crippen molar-refractivity contribution >= 4 is 11.4 Å². The van der Waals surface area contributed by atoms with Crippen molar-refractivity contribution in [2.75, 3.05) is 23.3 Å². The molecule has 0 bridgehead atoms. The highest BCUT2D eigenvalue weighted by Crippen LogP contribution is 2.32. The molecule has 1 aliphatic rings. The number of nitrogens with one attached hydrogen (secondary N) is 1. The van der Waals surface area contributed by atoms with E-state index in [1.165, 1.54) is 30.3 Å². The lowest BCUT2D eigenvalue weighted by Crippen LogP contribution is -2.36. The smallest absolute Gasteiger partial charge is 0.124 e. The van der Waals surface area contributed by atoms with Crippen molar-refractivity contribution in [3.63, 3.8) is 0 Å². The molecule has 1 atom stereocenters. The number of nitriles is 1. The fourth-order valence-corrected chi connectivity index (χ4v) is 3.31. The molecule has 0 saturated carbocycles. The molecule has 136 valence electrons. The van der Waals surface area contributed by atoms with E-state index in [1.54, 1.807) is 6.07 Å². The van der Waals surface area contributed by atoms with Gasteiger partial charge in [-0.3, -0.25) is 0 Å². The lowest BCUT2D eigenvalue weighted by atomic mass is 10.0. The first kappa shape index (κ1) is 18.2. The average molecular weight is 357 g/mol. The zero-order valence-electron chi connectivity index (χ0n) is 14.5. The van der Waals surface area contributed by atoms with Gasteiger partial charge in [-0.1, -0.05) is 0 Å². The van der Waals surface area contributed by atoms with Crippen molar-refractivity contribution < 1.29 is 13.9 Å². The van der Waals surface area contributed by atoms with Gasteiger partial charge >= 0.3 is 0 Å². The number of aliphatic hydroxyl groups excluding tert-OH is 1. The number of nitrogens with zero attached hydrogens (tertiary/aromatic N) is 2. The van der Waals surface area contributed by atoms with Crippen LogP contribution < -0.4 is 10.2 Å². The highest BCUT2D eigenvalue weighted by Gasteiger charge is 2.22. The molecule has 0 amide bonds. The van der Waals surface area contributed by atoms with Crippen molar-refractivity contribution in [2.24, 2.45) is 0 Å². The van der Waals surface area contributed by atoms with Crippen molar-refractivity contribution in [1.29, 1.82) is 5.26 Å². The summed E-state index contributed by atoms with van der Waals surface area (Å²) in [5, 5.41) is 22.1. The highest BCUT2D eigenvalue weighted by atomic mass is 19.1. The topological polar surface area (TPSA) is 59.3 Å². The molecule has 6 heteroatoms. The molecule has 1 fully saturated rings. The highest BCUT2D eigenvalue weighted by molar-refractivity contribution is 5.62. The second-order valence-electron chi connectivity index (χ2n) is 6.59. The van der Waals surface area contributed by atoms with E-state index in [2.05, 4.69) is 10.2 Å². The van der Waals surface area contributed by atoms with Crippen LogP contribution in [0.5, 0.6) is 0 Å². The van der Waals surface area contributed by atoms with Crippen LogP contribution >= 0.6 is 0 Å². The molecular formula is C20H21F2N3O. The fourth-order valence-electron chi connectivity index (χ4n) is 3.31. The van der Waals surface area contributed by atoms with Crippen LogP contribution in [0.3, 0.4) is 0 Å². The molecule has 1 aliphatic heterocycles. The summed E-state index contributed by atoms with van der Waals surface area (Å²) >= 11 is 0. The summed E-state index contributed by atoms with van der Waals surface area (Å²) in [6.45, 7) is 3.28. The molecule has 1 unspecified atom stereocenters. The van der Waals surface area contributed by atoms with Gasteiger partial charge in [0.25, 0.3) is 0 Å². The lowest BCUT2D eigenvalue weighted by Gasteiger charge is -2.34. The maximum Gasteiger partial charge on any atom is 0.124 e. The van der Waals surface area contributed by atoms with E-state index in [9.17, 15) is 19.1 Å². The minimum atomic E-state index is -0.474. The number of hydrogen-bond donors (Lipinski definition) is 2. The molecule has 3 rings (SSSR count). The van der Waals surface area contributed by atoms with E-state index in [4.69, 9.17) is 0 Å². The number of rotatable bonds is 4. The summed E-state index contributed by atoms with van der Waals surface area (Å²) in [4.78, 5) is 2.13. The lowest BCUT2D eigenvalue weighted by molar-refractivity contribution is 0.145. The van der Waals surface area contributed by atoms with E-state index >= 15 is 0 Å². The molecule has 2 aromatic carbocycles. The van der Waals surface area contributed by atoms with Crippen LogP contribution in [0.2, 0.25) is 0 Å². The Bertz CT molecular complexity index is 826. The summed E-state index contributed by atoms with van der Waals surface area (Å²) in [6, 6.07) is 10.3. The first-order valence-electron chi connectivity index (χ1n) is 8.66. The minimum Gasteiger partial charge on any atom is -0.393 e.